The van der Waals surface area contributed by atoms with E-state index in [1.54, 1.807) is 0 Å². The first kappa shape index (κ1) is 12.1. The topological polar surface area (TPSA) is 12.5 Å². The molecule has 0 aliphatic carbocycles. The molecule has 1 aliphatic rings. The Labute approximate surface area is 93.5 Å². The highest BCUT2D eigenvalue weighted by molar-refractivity contribution is 6.29. The summed E-state index contributed by atoms with van der Waals surface area (Å²) in [6.07, 6.45) is 0. The lowest BCUT2D eigenvalue weighted by Crippen LogP contribution is -2.27. The monoisotopic (exact) mass is 204 g/mol. The smallest absolute Gasteiger partial charge is 0.205 e. The van der Waals surface area contributed by atoms with Gasteiger partial charge in [0.25, 0.3) is 0 Å². The van der Waals surface area contributed by atoms with Crippen molar-refractivity contribution in [2.24, 2.45) is 0 Å². The molecule has 2 nitrogen and oxygen atoms in total. The Kier molecular flexibility index (Phi) is 5.26. The molecule has 0 bridgehead atoms. The minimum absolute atomic E-state index is 0.779. The van der Waals surface area contributed by atoms with Gasteiger partial charge in [0.05, 0.1) is 6.61 Å². The number of ether oxygens (including phenoxy) is 1. The van der Waals surface area contributed by atoms with E-state index in [9.17, 15) is 0 Å². The summed E-state index contributed by atoms with van der Waals surface area (Å²) in [5, 5.41) is 0. The lowest BCUT2D eigenvalue weighted by Gasteiger charge is -2.15. The summed E-state index contributed by atoms with van der Waals surface area (Å²) in [6, 6.07) is 8.23. The standard InChI is InChI=1S/C10H13BNO.C2H6/c1-11-12-6-7-13-10-5-3-2-4-9(10)8-12;1-2/h2-5H,6-8H2,1H3;1-2H3. The van der Waals surface area contributed by atoms with Crippen LogP contribution in [0.15, 0.2) is 24.3 Å². The zero-order valence-electron chi connectivity index (χ0n) is 9.86. The van der Waals surface area contributed by atoms with Crippen molar-refractivity contribution in [1.29, 1.82) is 0 Å². The van der Waals surface area contributed by atoms with E-state index in [2.05, 4.69) is 31.2 Å². The summed E-state index contributed by atoms with van der Waals surface area (Å²) >= 11 is 0. The number of benzene rings is 1. The Hall–Kier alpha value is -0.955. The van der Waals surface area contributed by atoms with Crippen molar-refractivity contribution < 1.29 is 4.74 Å². The molecule has 1 aromatic carbocycles. The van der Waals surface area contributed by atoms with Gasteiger partial charge >= 0.3 is 0 Å². The van der Waals surface area contributed by atoms with Gasteiger partial charge in [-0.25, -0.2) is 0 Å². The van der Waals surface area contributed by atoms with Crippen LogP contribution in [0.25, 0.3) is 0 Å². The molecule has 15 heavy (non-hydrogen) atoms. The van der Waals surface area contributed by atoms with Gasteiger partial charge in [0.2, 0.25) is 7.41 Å². The van der Waals surface area contributed by atoms with Crippen molar-refractivity contribution in [2.45, 2.75) is 27.2 Å². The van der Waals surface area contributed by atoms with Crippen LogP contribution < -0.4 is 4.74 Å². The van der Waals surface area contributed by atoms with Crippen molar-refractivity contribution in [3.05, 3.63) is 29.8 Å². The second-order valence-corrected chi connectivity index (χ2v) is 3.18. The van der Waals surface area contributed by atoms with E-state index in [1.807, 2.05) is 26.0 Å². The fraction of sp³-hybridized carbons (Fsp3) is 0.500. The van der Waals surface area contributed by atoms with Gasteiger partial charge < -0.3 is 9.55 Å². The highest BCUT2D eigenvalue weighted by atomic mass is 16.5. The molecule has 1 aromatic rings. The summed E-state index contributed by atoms with van der Waals surface area (Å²) in [5.41, 5.74) is 1.28. The zero-order valence-corrected chi connectivity index (χ0v) is 9.86. The quantitative estimate of drug-likeness (QED) is 0.652. The number of para-hydroxylation sites is 1. The summed E-state index contributed by atoms with van der Waals surface area (Å²) in [4.78, 5) is 2.27. The molecule has 0 unspecified atom stereocenters. The first-order chi connectivity index (χ1) is 7.40. The molecule has 0 aromatic heterocycles. The van der Waals surface area contributed by atoms with Crippen molar-refractivity contribution in [3.63, 3.8) is 0 Å². The van der Waals surface area contributed by atoms with E-state index >= 15 is 0 Å². The molecule has 81 valence electrons. The lowest BCUT2D eigenvalue weighted by atomic mass is 9.95. The van der Waals surface area contributed by atoms with E-state index in [4.69, 9.17) is 4.74 Å². The molecule has 0 spiro atoms. The number of nitrogens with zero attached hydrogens (tertiary/aromatic N) is 1. The third-order valence-electron chi connectivity index (χ3n) is 2.35. The fourth-order valence-corrected chi connectivity index (χ4v) is 1.57. The number of hydrogen-bond acceptors (Lipinski definition) is 2. The minimum Gasteiger partial charge on any atom is -0.492 e. The van der Waals surface area contributed by atoms with Crippen LogP contribution in [-0.4, -0.2) is 25.4 Å². The number of rotatable bonds is 1. The number of hydrogen-bond donors (Lipinski definition) is 0. The van der Waals surface area contributed by atoms with E-state index in [0.29, 0.717) is 0 Å². The average molecular weight is 204 g/mol. The molecule has 0 atom stereocenters. The molecule has 0 saturated heterocycles. The maximum Gasteiger partial charge on any atom is 0.205 e. The Morgan fingerprint density at radius 3 is 2.73 bits per heavy atom. The predicted octanol–water partition coefficient (Wildman–Crippen LogP) is 2.57. The molecule has 0 amide bonds. The first-order valence-corrected chi connectivity index (χ1v) is 5.64. The maximum atomic E-state index is 5.62. The van der Waals surface area contributed by atoms with Crippen molar-refractivity contribution >= 4 is 7.41 Å². The van der Waals surface area contributed by atoms with Gasteiger partial charge in [0.15, 0.2) is 0 Å². The van der Waals surface area contributed by atoms with Gasteiger partial charge in [-0.3, -0.25) is 0 Å². The van der Waals surface area contributed by atoms with Gasteiger partial charge in [0, 0.05) is 18.7 Å². The van der Waals surface area contributed by atoms with Crippen molar-refractivity contribution in [2.75, 3.05) is 13.2 Å². The van der Waals surface area contributed by atoms with Crippen LogP contribution in [0.1, 0.15) is 19.4 Å². The average Bonchev–Trinajstić information content (AvgIpc) is 2.53. The molecule has 0 saturated carbocycles. The van der Waals surface area contributed by atoms with Gasteiger partial charge in [-0.2, -0.15) is 0 Å². The van der Waals surface area contributed by atoms with Crippen LogP contribution in [0, 0.1) is 0 Å². The van der Waals surface area contributed by atoms with Gasteiger partial charge in [-0.1, -0.05) is 38.9 Å². The van der Waals surface area contributed by atoms with Crippen LogP contribution in [-0.2, 0) is 6.54 Å². The second kappa shape index (κ2) is 6.51. The van der Waals surface area contributed by atoms with Gasteiger partial charge in [-0.05, 0) is 6.07 Å². The Bertz CT molecular complexity index is 291. The normalized spacial score (nSPS) is 15.1. The third kappa shape index (κ3) is 3.27. The Morgan fingerprint density at radius 1 is 1.27 bits per heavy atom. The predicted molar refractivity (Wildman–Crippen MR) is 65.3 cm³/mol. The summed E-state index contributed by atoms with van der Waals surface area (Å²) in [7, 11) is 2.12. The van der Waals surface area contributed by atoms with E-state index in [0.717, 1.165) is 25.4 Å². The van der Waals surface area contributed by atoms with Crippen LogP contribution in [0.2, 0.25) is 6.82 Å². The fourth-order valence-electron chi connectivity index (χ4n) is 1.57. The highest BCUT2D eigenvalue weighted by Crippen LogP contribution is 2.21. The molecular weight excluding hydrogens is 185 g/mol. The van der Waals surface area contributed by atoms with Crippen molar-refractivity contribution in [3.8, 4) is 5.75 Å². The summed E-state index contributed by atoms with van der Waals surface area (Å²) in [5.74, 6) is 1.03. The largest absolute Gasteiger partial charge is 0.492 e. The maximum absolute atomic E-state index is 5.62. The molecule has 0 N–H and O–H groups in total. The Morgan fingerprint density at radius 2 is 2.00 bits per heavy atom. The second-order valence-electron chi connectivity index (χ2n) is 3.18. The Balaban J connectivity index is 0.000000531. The number of fused-ring (bicyclic) bond motifs is 1. The van der Waals surface area contributed by atoms with Crippen molar-refractivity contribution in [1.82, 2.24) is 4.81 Å². The molecule has 1 heterocycles. The SMILES string of the molecule is CC.C[B]N1CCOc2ccccc2C1. The molecule has 2 rings (SSSR count). The molecule has 0 fully saturated rings. The highest BCUT2D eigenvalue weighted by Gasteiger charge is 2.12. The van der Waals surface area contributed by atoms with E-state index in [-0.39, 0.29) is 0 Å². The lowest BCUT2D eigenvalue weighted by molar-refractivity contribution is 0.296. The van der Waals surface area contributed by atoms with E-state index in [1.165, 1.54) is 5.56 Å². The van der Waals surface area contributed by atoms with E-state index < -0.39 is 0 Å². The van der Waals surface area contributed by atoms with Crippen LogP contribution >= 0.6 is 0 Å². The molecule has 1 aliphatic heterocycles. The first-order valence-electron chi connectivity index (χ1n) is 5.64. The minimum atomic E-state index is 0.779. The summed E-state index contributed by atoms with van der Waals surface area (Å²) in [6.45, 7) is 8.78. The zero-order chi connectivity index (χ0) is 11.1. The molecule has 3 heteroatoms. The van der Waals surface area contributed by atoms with Crippen LogP contribution in [0.3, 0.4) is 0 Å². The van der Waals surface area contributed by atoms with Crippen LogP contribution in [0.5, 0.6) is 5.75 Å². The summed E-state index contributed by atoms with van der Waals surface area (Å²) < 4.78 is 5.62. The van der Waals surface area contributed by atoms with Gasteiger partial charge in [-0.15, -0.1) is 0 Å². The van der Waals surface area contributed by atoms with Crippen LogP contribution in [0.4, 0.5) is 0 Å². The van der Waals surface area contributed by atoms with Gasteiger partial charge in [0.1, 0.15) is 5.75 Å². The molecule has 1 radical (unpaired) electrons. The third-order valence-corrected chi connectivity index (χ3v) is 2.35. The molecular formula is C12H19BNO.